The molecule has 0 unspecified atom stereocenters. The molecule has 0 bridgehead atoms. The first kappa shape index (κ1) is 20.2. The van der Waals surface area contributed by atoms with Gasteiger partial charge >= 0.3 is 0 Å². The zero-order valence-electron chi connectivity index (χ0n) is 15.1. The molecule has 0 radical (unpaired) electrons. The molecule has 2 aromatic rings. The number of carbonyl (C=O) groups is 1. The predicted octanol–water partition coefficient (Wildman–Crippen LogP) is 1.83. The van der Waals surface area contributed by atoms with Crippen LogP contribution in [0.1, 0.15) is 5.56 Å². The molecule has 2 rings (SSSR count). The van der Waals surface area contributed by atoms with Crippen LogP contribution in [0.15, 0.2) is 47.4 Å². The van der Waals surface area contributed by atoms with Gasteiger partial charge in [0.25, 0.3) is 5.91 Å². The lowest BCUT2D eigenvalue weighted by atomic mass is 10.2. The summed E-state index contributed by atoms with van der Waals surface area (Å²) in [5.41, 5.74) is 0.698. The lowest BCUT2D eigenvalue weighted by Crippen LogP contribution is -2.23. The Morgan fingerprint density at radius 2 is 1.85 bits per heavy atom. The molecule has 0 fully saturated rings. The quantitative estimate of drug-likeness (QED) is 0.774. The number of hydrogen-bond acceptors (Lipinski definition) is 6. The summed E-state index contributed by atoms with van der Waals surface area (Å²) < 4.78 is 36.1. The second-order valence-electron chi connectivity index (χ2n) is 5.62. The fourth-order valence-corrected chi connectivity index (χ4v) is 3.05. The third kappa shape index (κ3) is 4.97. The van der Waals surface area contributed by atoms with E-state index < -0.39 is 15.9 Å². The summed E-state index contributed by atoms with van der Waals surface area (Å²) >= 11 is 0. The van der Waals surface area contributed by atoms with Crippen LogP contribution in [0.3, 0.4) is 0 Å². The maximum atomic E-state index is 12.3. The van der Waals surface area contributed by atoms with Gasteiger partial charge in [-0.2, -0.15) is 5.26 Å². The Morgan fingerprint density at radius 3 is 2.41 bits per heavy atom. The minimum atomic E-state index is -3.65. The maximum Gasteiger partial charge on any atom is 0.262 e. The van der Waals surface area contributed by atoms with Crippen LogP contribution in [0.25, 0.3) is 0 Å². The summed E-state index contributed by atoms with van der Waals surface area (Å²) in [7, 11) is 0.602. The van der Waals surface area contributed by atoms with E-state index in [1.807, 2.05) is 6.07 Å². The number of amides is 1. The fraction of sp³-hybridized carbons (Fsp3) is 0.222. The molecule has 142 valence electrons. The first-order valence-corrected chi connectivity index (χ1v) is 9.25. The first-order valence-electron chi connectivity index (χ1n) is 7.81. The standard InChI is InChI=1S/C18H19N3O5S/c1-21(2)27(23,24)15-8-9-17(25-3)16(10-15)20-18(22)12-26-14-6-4-13(11-19)5-7-14/h4-10H,12H2,1-3H3,(H,20,22). The van der Waals surface area contributed by atoms with Crippen LogP contribution in [-0.2, 0) is 14.8 Å². The van der Waals surface area contributed by atoms with Gasteiger partial charge in [0.15, 0.2) is 6.61 Å². The Labute approximate surface area is 158 Å². The molecule has 2 aromatic carbocycles. The Hall–Kier alpha value is -3.09. The van der Waals surface area contributed by atoms with E-state index in [2.05, 4.69) is 5.32 Å². The highest BCUT2D eigenvalue weighted by Gasteiger charge is 2.20. The van der Waals surface area contributed by atoms with Crippen LogP contribution in [0, 0.1) is 11.3 Å². The number of ether oxygens (including phenoxy) is 2. The second-order valence-corrected chi connectivity index (χ2v) is 7.77. The van der Waals surface area contributed by atoms with Gasteiger partial charge in [-0.15, -0.1) is 0 Å². The molecule has 8 nitrogen and oxygen atoms in total. The minimum Gasteiger partial charge on any atom is -0.495 e. The molecule has 0 saturated carbocycles. The van der Waals surface area contributed by atoms with Crippen molar-refractivity contribution in [3.63, 3.8) is 0 Å². The predicted molar refractivity (Wildman–Crippen MR) is 99.1 cm³/mol. The number of sulfonamides is 1. The minimum absolute atomic E-state index is 0.0246. The van der Waals surface area contributed by atoms with E-state index in [1.54, 1.807) is 24.3 Å². The maximum absolute atomic E-state index is 12.3. The molecule has 1 amide bonds. The van der Waals surface area contributed by atoms with Gasteiger partial charge in [-0.1, -0.05) is 0 Å². The second kappa shape index (κ2) is 8.53. The highest BCUT2D eigenvalue weighted by Crippen LogP contribution is 2.28. The molecule has 1 N–H and O–H groups in total. The van der Waals surface area contributed by atoms with Crippen LogP contribution in [0.4, 0.5) is 5.69 Å². The van der Waals surface area contributed by atoms with Gasteiger partial charge in [0.2, 0.25) is 10.0 Å². The summed E-state index contributed by atoms with van der Waals surface area (Å²) in [5.74, 6) is 0.261. The Balaban J connectivity index is 2.12. The molecule has 27 heavy (non-hydrogen) atoms. The van der Waals surface area contributed by atoms with Crippen molar-refractivity contribution in [1.82, 2.24) is 4.31 Å². The fourth-order valence-electron chi connectivity index (χ4n) is 2.12. The van der Waals surface area contributed by atoms with Crippen molar-refractivity contribution >= 4 is 21.6 Å². The number of methoxy groups -OCH3 is 1. The SMILES string of the molecule is COc1ccc(S(=O)(=O)N(C)C)cc1NC(=O)COc1ccc(C#N)cc1. The van der Waals surface area contributed by atoms with Crippen molar-refractivity contribution in [2.45, 2.75) is 4.90 Å². The van der Waals surface area contributed by atoms with Crippen LogP contribution >= 0.6 is 0 Å². The molecule has 0 aliphatic rings. The van der Waals surface area contributed by atoms with Gasteiger partial charge in [-0.25, -0.2) is 12.7 Å². The van der Waals surface area contributed by atoms with E-state index in [4.69, 9.17) is 14.7 Å². The van der Waals surface area contributed by atoms with Gasteiger partial charge in [-0.05, 0) is 42.5 Å². The number of carbonyl (C=O) groups excluding carboxylic acids is 1. The van der Waals surface area contributed by atoms with Crippen molar-refractivity contribution in [3.8, 4) is 17.6 Å². The molecule has 0 heterocycles. The van der Waals surface area contributed by atoms with Gasteiger partial charge in [0.05, 0.1) is 29.3 Å². The number of rotatable bonds is 7. The van der Waals surface area contributed by atoms with Crippen molar-refractivity contribution in [3.05, 3.63) is 48.0 Å². The van der Waals surface area contributed by atoms with Crippen LogP contribution in [0.5, 0.6) is 11.5 Å². The third-order valence-electron chi connectivity index (χ3n) is 3.58. The molecule has 0 spiro atoms. The van der Waals surface area contributed by atoms with E-state index >= 15 is 0 Å². The van der Waals surface area contributed by atoms with E-state index in [0.717, 1.165) is 4.31 Å². The smallest absolute Gasteiger partial charge is 0.262 e. The average molecular weight is 389 g/mol. The number of benzene rings is 2. The van der Waals surface area contributed by atoms with E-state index in [-0.39, 0.29) is 17.2 Å². The molecule has 0 atom stereocenters. The summed E-state index contributed by atoms with van der Waals surface area (Å²) in [6.07, 6.45) is 0. The van der Waals surface area contributed by atoms with Gasteiger partial charge in [-0.3, -0.25) is 4.79 Å². The molecule has 0 aliphatic carbocycles. The number of hydrogen-bond donors (Lipinski definition) is 1. The van der Waals surface area contributed by atoms with E-state index in [9.17, 15) is 13.2 Å². The van der Waals surface area contributed by atoms with Crippen molar-refractivity contribution in [1.29, 1.82) is 5.26 Å². The Morgan fingerprint density at radius 1 is 1.19 bits per heavy atom. The molecule has 9 heteroatoms. The van der Waals surface area contributed by atoms with Crippen molar-refractivity contribution < 1.29 is 22.7 Å². The molecular weight excluding hydrogens is 370 g/mol. The topological polar surface area (TPSA) is 109 Å². The lowest BCUT2D eigenvalue weighted by molar-refractivity contribution is -0.118. The number of anilines is 1. The lowest BCUT2D eigenvalue weighted by Gasteiger charge is -2.15. The summed E-state index contributed by atoms with van der Waals surface area (Å²) in [4.78, 5) is 12.2. The van der Waals surface area contributed by atoms with Crippen LogP contribution < -0.4 is 14.8 Å². The Kier molecular flexibility index (Phi) is 6.39. The van der Waals surface area contributed by atoms with Gasteiger partial charge in [0, 0.05) is 14.1 Å². The number of nitrogens with zero attached hydrogens (tertiary/aromatic N) is 2. The van der Waals surface area contributed by atoms with Gasteiger partial charge in [0.1, 0.15) is 11.5 Å². The summed E-state index contributed by atoms with van der Waals surface area (Å²) in [5, 5.41) is 11.3. The normalized spacial score (nSPS) is 10.9. The average Bonchev–Trinajstić information content (AvgIpc) is 2.66. The highest BCUT2D eigenvalue weighted by molar-refractivity contribution is 7.89. The monoisotopic (exact) mass is 389 g/mol. The van der Waals surface area contributed by atoms with E-state index in [0.29, 0.717) is 17.1 Å². The van der Waals surface area contributed by atoms with Crippen molar-refractivity contribution in [2.24, 2.45) is 0 Å². The van der Waals surface area contributed by atoms with Gasteiger partial charge < -0.3 is 14.8 Å². The molecular formula is C18H19N3O5S. The van der Waals surface area contributed by atoms with E-state index in [1.165, 1.54) is 39.4 Å². The molecule has 0 aliphatic heterocycles. The third-order valence-corrected chi connectivity index (χ3v) is 5.39. The van der Waals surface area contributed by atoms with Crippen LogP contribution in [0.2, 0.25) is 0 Å². The zero-order valence-corrected chi connectivity index (χ0v) is 15.9. The number of nitriles is 1. The Bertz CT molecular complexity index is 963. The molecule has 0 aromatic heterocycles. The first-order chi connectivity index (χ1) is 12.8. The summed E-state index contributed by atoms with van der Waals surface area (Å²) in [6, 6.07) is 12.5. The zero-order chi connectivity index (χ0) is 20.0. The van der Waals surface area contributed by atoms with Crippen LogP contribution in [-0.4, -0.2) is 46.4 Å². The summed E-state index contributed by atoms with van der Waals surface area (Å²) in [6.45, 7) is -0.292. The largest absolute Gasteiger partial charge is 0.495 e. The highest BCUT2D eigenvalue weighted by atomic mass is 32.2. The molecule has 0 saturated heterocycles. The number of nitrogens with one attached hydrogen (secondary N) is 1. The van der Waals surface area contributed by atoms with Crippen molar-refractivity contribution in [2.75, 3.05) is 33.1 Å².